The molecule has 0 saturated heterocycles. The van der Waals surface area contributed by atoms with Crippen molar-refractivity contribution in [2.24, 2.45) is 0 Å². The Hall–Kier alpha value is -2.14. The van der Waals surface area contributed by atoms with Crippen molar-refractivity contribution in [1.29, 1.82) is 0 Å². The Morgan fingerprint density at radius 1 is 1.05 bits per heavy atom. The first-order valence-electron chi connectivity index (χ1n) is 5.84. The number of rotatable bonds is 2. The zero-order valence-electron chi connectivity index (χ0n) is 10.4. The fraction of sp³-hybridized carbons (Fsp3) is 0.0714. The van der Waals surface area contributed by atoms with Crippen molar-refractivity contribution < 1.29 is 0 Å². The van der Waals surface area contributed by atoms with Crippen LogP contribution in [0.3, 0.4) is 0 Å². The lowest BCUT2D eigenvalue weighted by molar-refractivity contribution is 0.950. The monoisotopic (exact) mass is 268 g/mol. The van der Waals surface area contributed by atoms with E-state index in [0.717, 1.165) is 27.0 Å². The third-order valence-electron chi connectivity index (χ3n) is 2.72. The number of nitrogens with two attached hydrogens (primary N) is 1. The average molecular weight is 268 g/mol. The average Bonchev–Trinajstić information content (AvgIpc) is 2.45. The highest BCUT2D eigenvalue weighted by atomic mass is 32.2. The standard InChI is InChI=1S/C14H12N4S/c1-9-7-17-14(18-8-9)19-12-5-4-11(15)10-3-2-6-16-13(10)12/h2-8H,15H2,1H3. The zero-order chi connectivity index (χ0) is 13.2. The number of fused-ring (bicyclic) bond motifs is 1. The third kappa shape index (κ3) is 2.37. The van der Waals surface area contributed by atoms with E-state index in [0.29, 0.717) is 5.16 Å². The molecule has 1 aromatic carbocycles. The van der Waals surface area contributed by atoms with Crippen LogP contribution < -0.4 is 5.73 Å². The number of aryl methyl sites for hydroxylation is 1. The van der Waals surface area contributed by atoms with Crippen molar-refractivity contribution >= 4 is 28.4 Å². The molecule has 4 nitrogen and oxygen atoms in total. The quantitative estimate of drug-likeness (QED) is 0.571. The number of nitrogens with zero attached hydrogens (tertiary/aromatic N) is 3. The van der Waals surface area contributed by atoms with Gasteiger partial charge in [-0.05, 0) is 48.5 Å². The molecule has 2 N–H and O–H groups in total. The number of aromatic nitrogens is 3. The number of hydrogen-bond acceptors (Lipinski definition) is 5. The summed E-state index contributed by atoms with van der Waals surface area (Å²) in [4.78, 5) is 14.0. The van der Waals surface area contributed by atoms with Crippen molar-refractivity contribution in [3.05, 3.63) is 48.4 Å². The van der Waals surface area contributed by atoms with Crippen molar-refractivity contribution in [2.45, 2.75) is 17.0 Å². The van der Waals surface area contributed by atoms with E-state index < -0.39 is 0 Å². The number of pyridine rings is 1. The smallest absolute Gasteiger partial charge is 0.192 e. The van der Waals surface area contributed by atoms with Gasteiger partial charge in [0.2, 0.25) is 0 Å². The summed E-state index contributed by atoms with van der Waals surface area (Å²) in [5, 5.41) is 1.67. The summed E-state index contributed by atoms with van der Waals surface area (Å²) in [5.41, 5.74) is 8.62. The van der Waals surface area contributed by atoms with E-state index in [9.17, 15) is 0 Å². The van der Waals surface area contributed by atoms with Crippen LogP contribution >= 0.6 is 11.8 Å². The van der Waals surface area contributed by atoms with E-state index in [1.165, 1.54) is 11.8 Å². The molecule has 0 atom stereocenters. The molecular weight excluding hydrogens is 256 g/mol. The number of benzene rings is 1. The van der Waals surface area contributed by atoms with Gasteiger partial charge in [-0.25, -0.2) is 9.97 Å². The maximum Gasteiger partial charge on any atom is 0.192 e. The predicted molar refractivity (Wildman–Crippen MR) is 77.0 cm³/mol. The Morgan fingerprint density at radius 3 is 2.63 bits per heavy atom. The number of hydrogen-bond donors (Lipinski definition) is 1. The number of nitrogen functional groups attached to an aromatic ring is 1. The van der Waals surface area contributed by atoms with E-state index in [1.54, 1.807) is 6.20 Å². The van der Waals surface area contributed by atoms with Crippen molar-refractivity contribution in [1.82, 2.24) is 15.0 Å². The molecule has 0 fully saturated rings. The van der Waals surface area contributed by atoms with Gasteiger partial charge in [0.15, 0.2) is 5.16 Å². The molecule has 5 heteroatoms. The summed E-state index contributed by atoms with van der Waals surface area (Å²) in [6, 6.07) is 7.70. The lowest BCUT2D eigenvalue weighted by atomic mass is 10.2. The minimum atomic E-state index is 0.710. The maximum atomic E-state index is 5.96. The highest BCUT2D eigenvalue weighted by Gasteiger charge is 2.08. The van der Waals surface area contributed by atoms with Gasteiger partial charge in [-0.1, -0.05) is 0 Å². The van der Waals surface area contributed by atoms with Gasteiger partial charge in [0.25, 0.3) is 0 Å². The third-order valence-corrected chi connectivity index (χ3v) is 3.67. The van der Waals surface area contributed by atoms with Gasteiger partial charge in [0, 0.05) is 34.6 Å². The summed E-state index contributed by atoms with van der Waals surface area (Å²) < 4.78 is 0. The second kappa shape index (κ2) is 4.85. The Bertz CT molecular complexity index is 725. The molecule has 0 saturated carbocycles. The fourth-order valence-corrected chi connectivity index (χ4v) is 2.59. The minimum Gasteiger partial charge on any atom is -0.398 e. The second-order valence-corrected chi connectivity index (χ2v) is 5.21. The predicted octanol–water partition coefficient (Wildman–Crippen LogP) is 3.07. The van der Waals surface area contributed by atoms with Crippen LogP contribution in [0.4, 0.5) is 5.69 Å². The molecule has 0 aliphatic rings. The van der Waals surface area contributed by atoms with Crippen LogP contribution in [0.1, 0.15) is 5.56 Å². The van der Waals surface area contributed by atoms with E-state index in [-0.39, 0.29) is 0 Å². The molecule has 3 rings (SSSR count). The van der Waals surface area contributed by atoms with Crippen LogP contribution in [-0.2, 0) is 0 Å². The van der Waals surface area contributed by atoms with Crippen LogP contribution in [0.25, 0.3) is 10.9 Å². The van der Waals surface area contributed by atoms with Crippen molar-refractivity contribution in [3.63, 3.8) is 0 Å². The lowest BCUT2D eigenvalue weighted by Gasteiger charge is -2.06. The first kappa shape index (κ1) is 11.9. The molecule has 0 radical (unpaired) electrons. The van der Waals surface area contributed by atoms with Crippen LogP contribution in [0.5, 0.6) is 0 Å². The number of anilines is 1. The SMILES string of the molecule is Cc1cnc(Sc2ccc(N)c3cccnc23)nc1. The van der Waals surface area contributed by atoms with Crippen molar-refractivity contribution in [3.8, 4) is 0 Å². The topological polar surface area (TPSA) is 64.7 Å². The molecule has 0 unspecified atom stereocenters. The Labute approximate surface area is 115 Å². The Morgan fingerprint density at radius 2 is 1.84 bits per heavy atom. The van der Waals surface area contributed by atoms with Gasteiger partial charge in [-0.15, -0.1) is 0 Å². The Balaban J connectivity index is 2.06. The van der Waals surface area contributed by atoms with Gasteiger partial charge in [-0.2, -0.15) is 0 Å². The van der Waals surface area contributed by atoms with E-state index in [1.807, 2.05) is 43.6 Å². The summed E-state index contributed by atoms with van der Waals surface area (Å²) in [7, 11) is 0. The first-order valence-corrected chi connectivity index (χ1v) is 6.65. The molecule has 0 amide bonds. The van der Waals surface area contributed by atoms with Crippen LogP contribution in [-0.4, -0.2) is 15.0 Å². The molecule has 2 aromatic heterocycles. The van der Waals surface area contributed by atoms with Gasteiger partial charge < -0.3 is 5.73 Å². The molecule has 0 spiro atoms. The van der Waals surface area contributed by atoms with E-state index in [4.69, 9.17) is 5.73 Å². The summed E-state index contributed by atoms with van der Waals surface area (Å²) in [6.07, 6.45) is 5.38. The summed E-state index contributed by atoms with van der Waals surface area (Å²) in [6.45, 7) is 1.97. The first-order chi connectivity index (χ1) is 9.24. The maximum absolute atomic E-state index is 5.96. The van der Waals surface area contributed by atoms with Gasteiger partial charge in [-0.3, -0.25) is 4.98 Å². The molecule has 94 valence electrons. The lowest BCUT2D eigenvalue weighted by Crippen LogP contribution is -1.91. The van der Waals surface area contributed by atoms with Gasteiger partial charge in [0.05, 0.1) is 5.52 Å². The van der Waals surface area contributed by atoms with Gasteiger partial charge in [0.1, 0.15) is 0 Å². The van der Waals surface area contributed by atoms with Gasteiger partial charge >= 0.3 is 0 Å². The second-order valence-electron chi connectivity index (χ2n) is 4.20. The van der Waals surface area contributed by atoms with Crippen LogP contribution in [0, 0.1) is 6.92 Å². The molecule has 3 aromatic rings. The van der Waals surface area contributed by atoms with Crippen molar-refractivity contribution in [2.75, 3.05) is 5.73 Å². The molecular formula is C14H12N4S. The highest BCUT2D eigenvalue weighted by Crippen LogP contribution is 2.32. The van der Waals surface area contributed by atoms with E-state index in [2.05, 4.69) is 15.0 Å². The van der Waals surface area contributed by atoms with E-state index >= 15 is 0 Å². The fourth-order valence-electron chi connectivity index (χ4n) is 1.78. The largest absolute Gasteiger partial charge is 0.398 e. The molecule has 19 heavy (non-hydrogen) atoms. The molecule has 0 aliphatic carbocycles. The molecule has 0 bridgehead atoms. The zero-order valence-corrected chi connectivity index (χ0v) is 11.2. The molecule has 0 aliphatic heterocycles. The minimum absolute atomic E-state index is 0.710. The summed E-state index contributed by atoms with van der Waals surface area (Å²) >= 11 is 1.49. The molecule has 2 heterocycles. The Kier molecular flexibility index (Phi) is 3.05. The normalized spacial score (nSPS) is 10.8. The van der Waals surface area contributed by atoms with Crippen LogP contribution in [0.15, 0.2) is 52.9 Å². The summed E-state index contributed by atoms with van der Waals surface area (Å²) in [5.74, 6) is 0. The highest BCUT2D eigenvalue weighted by molar-refractivity contribution is 7.99. The van der Waals surface area contributed by atoms with Crippen LogP contribution in [0.2, 0.25) is 0 Å².